The molecule has 1 aliphatic carbocycles. The molecule has 5 rings (SSSR count). The summed E-state index contributed by atoms with van der Waals surface area (Å²) in [5.74, 6) is 0.217. The van der Waals surface area contributed by atoms with Crippen LogP contribution in [0.1, 0.15) is 65.3 Å². The molecule has 1 aromatic heterocycles. The van der Waals surface area contributed by atoms with E-state index >= 15 is 0 Å². The van der Waals surface area contributed by atoms with Crippen LogP contribution in [0.2, 0.25) is 0 Å². The van der Waals surface area contributed by atoms with Gasteiger partial charge in [-0.1, -0.05) is 55.7 Å². The third-order valence-electron chi connectivity index (χ3n) is 6.69. The third-order valence-corrected chi connectivity index (χ3v) is 6.69. The lowest BCUT2D eigenvalue weighted by atomic mass is 9.91. The first-order valence-corrected chi connectivity index (χ1v) is 10.1. The number of amides is 1. The number of rotatable bonds is 2. The minimum Gasteiger partial charge on any atom is -0.348 e. The second-order valence-electron chi connectivity index (χ2n) is 8.07. The second kappa shape index (κ2) is 6.26. The van der Waals surface area contributed by atoms with Gasteiger partial charge >= 0.3 is 0 Å². The summed E-state index contributed by atoms with van der Waals surface area (Å²) in [4.78, 5) is 15.7. The number of para-hydroxylation sites is 1. The van der Waals surface area contributed by atoms with Crippen molar-refractivity contribution in [1.82, 2.24) is 9.47 Å². The lowest BCUT2D eigenvalue weighted by Gasteiger charge is -2.36. The molecule has 1 aliphatic heterocycles. The minimum atomic E-state index is 0.0305. The zero-order valence-corrected chi connectivity index (χ0v) is 16.1. The molecule has 2 aromatic carbocycles. The molecule has 2 heterocycles. The number of carbonyl (C=O) groups is 1. The fraction of sp³-hybridized carbons (Fsp3) is 0.375. The summed E-state index contributed by atoms with van der Waals surface area (Å²) in [6, 6.07) is 17.2. The molecule has 0 N–H and O–H groups in total. The highest BCUT2D eigenvalue weighted by molar-refractivity contribution is 6.01. The average molecular weight is 358 g/mol. The van der Waals surface area contributed by atoms with E-state index in [1.165, 1.54) is 47.0 Å². The fourth-order valence-corrected chi connectivity index (χ4v) is 5.26. The van der Waals surface area contributed by atoms with Gasteiger partial charge in [0.25, 0.3) is 5.91 Å². The van der Waals surface area contributed by atoms with Gasteiger partial charge < -0.3 is 9.47 Å². The maximum atomic E-state index is 13.5. The van der Waals surface area contributed by atoms with Gasteiger partial charge in [-0.25, -0.2) is 0 Å². The topological polar surface area (TPSA) is 25.2 Å². The smallest absolute Gasteiger partial charge is 0.255 e. The Morgan fingerprint density at radius 2 is 1.63 bits per heavy atom. The number of aromatic nitrogens is 1. The maximum absolute atomic E-state index is 13.5. The van der Waals surface area contributed by atoms with Crippen molar-refractivity contribution in [2.45, 2.75) is 51.1 Å². The Labute approximate surface area is 160 Å². The molecule has 2 aliphatic rings. The number of carbonyl (C=O) groups excluding carboxylic acids is 1. The normalized spacial score (nSPS) is 20.4. The molecule has 1 fully saturated rings. The highest BCUT2D eigenvalue weighted by Gasteiger charge is 2.43. The number of aryl methyl sites for hydroxylation is 1. The highest BCUT2D eigenvalue weighted by Crippen LogP contribution is 2.46. The van der Waals surface area contributed by atoms with Gasteiger partial charge in [0.2, 0.25) is 0 Å². The molecule has 1 saturated carbocycles. The van der Waals surface area contributed by atoms with Crippen LogP contribution in [0.15, 0.2) is 48.5 Å². The van der Waals surface area contributed by atoms with Gasteiger partial charge in [-0.3, -0.25) is 4.79 Å². The van der Waals surface area contributed by atoms with Crippen LogP contribution < -0.4 is 0 Å². The Bertz CT molecular complexity index is 1030. The first kappa shape index (κ1) is 16.6. The van der Waals surface area contributed by atoms with Gasteiger partial charge in [0.15, 0.2) is 0 Å². The molecule has 0 spiro atoms. The van der Waals surface area contributed by atoms with Crippen LogP contribution in [-0.4, -0.2) is 21.4 Å². The zero-order valence-electron chi connectivity index (χ0n) is 16.1. The Hall–Kier alpha value is -2.55. The summed E-state index contributed by atoms with van der Waals surface area (Å²) in [5.41, 5.74) is 5.86. The van der Waals surface area contributed by atoms with Gasteiger partial charge in [-0.2, -0.15) is 0 Å². The lowest BCUT2D eigenvalue weighted by molar-refractivity contribution is 0.0612. The molecule has 27 heavy (non-hydrogen) atoms. The van der Waals surface area contributed by atoms with Gasteiger partial charge in [0, 0.05) is 40.8 Å². The van der Waals surface area contributed by atoms with E-state index in [4.69, 9.17) is 0 Å². The SMILES string of the molecule is Cc1c([C@H]2c3ccccc3C(=O)N2C2CCCCC2)c2ccccc2n1C. The van der Waals surface area contributed by atoms with E-state index in [1.54, 1.807) is 0 Å². The summed E-state index contributed by atoms with van der Waals surface area (Å²) < 4.78 is 2.27. The van der Waals surface area contributed by atoms with Crippen LogP contribution in [0, 0.1) is 6.92 Å². The van der Waals surface area contributed by atoms with Crippen LogP contribution in [0.25, 0.3) is 10.9 Å². The number of hydrogen-bond acceptors (Lipinski definition) is 1. The minimum absolute atomic E-state index is 0.0305. The first-order chi connectivity index (χ1) is 13.2. The fourth-order valence-electron chi connectivity index (χ4n) is 5.26. The van der Waals surface area contributed by atoms with Crippen LogP contribution in [0.5, 0.6) is 0 Å². The van der Waals surface area contributed by atoms with Crippen LogP contribution in [0.4, 0.5) is 0 Å². The first-order valence-electron chi connectivity index (χ1n) is 10.1. The molecule has 0 unspecified atom stereocenters. The Morgan fingerprint density at radius 1 is 0.926 bits per heavy atom. The molecule has 0 radical (unpaired) electrons. The Kier molecular flexibility index (Phi) is 3.85. The summed E-state index contributed by atoms with van der Waals surface area (Å²) in [6.45, 7) is 2.19. The molecule has 3 nitrogen and oxygen atoms in total. The Balaban J connectivity index is 1.75. The second-order valence-corrected chi connectivity index (χ2v) is 8.07. The summed E-state index contributed by atoms with van der Waals surface area (Å²) in [5, 5.41) is 1.27. The lowest BCUT2D eigenvalue weighted by Crippen LogP contribution is -2.40. The molecule has 3 aromatic rings. The van der Waals surface area contributed by atoms with Gasteiger partial charge in [0.1, 0.15) is 0 Å². The van der Waals surface area contributed by atoms with Crippen molar-refractivity contribution >= 4 is 16.8 Å². The van der Waals surface area contributed by atoms with Crippen LogP contribution in [0.3, 0.4) is 0 Å². The van der Waals surface area contributed by atoms with Crippen molar-refractivity contribution in [2.75, 3.05) is 0 Å². The molecular formula is C24H26N2O. The Morgan fingerprint density at radius 3 is 2.44 bits per heavy atom. The van der Waals surface area contributed by atoms with E-state index < -0.39 is 0 Å². The van der Waals surface area contributed by atoms with E-state index in [0.717, 1.165) is 18.4 Å². The van der Waals surface area contributed by atoms with Crippen molar-refractivity contribution in [3.05, 3.63) is 70.9 Å². The van der Waals surface area contributed by atoms with Crippen LogP contribution >= 0.6 is 0 Å². The van der Waals surface area contributed by atoms with E-state index in [2.05, 4.69) is 59.8 Å². The molecule has 3 heteroatoms. The largest absolute Gasteiger partial charge is 0.348 e. The average Bonchev–Trinajstić information content (AvgIpc) is 3.14. The van der Waals surface area contributed by atoms with E-state index in [-0.39, 0.29) is 11.9 Å². The quantitative estimate of drug-likeness (QED) is 0.605. The third kappa shape index (κ3) is 2.37. The number of nitrogens with zero attached hydrogens (tertiary/aromatic N) is 2. The highest BCUT2D eigenvalue weighted by atomic mass is 16.2. The van der Waals surface area contributed by atoms with Crippen molar-refractivity contribution in [3.8, 4) is 0 Å². The molecule has 1 amide bonds. The van der Waals surface area contributed by atoms with E-state index in [1.807, 2.05) is 12.1 Å². The standard InChI is InChI=1S/C24H26N2O/c1-16-22(20-14-8-9-15-21(20)25(16)2)23-18-12-6-7-13-19(18)24(27)26(23)17-10-4-3-5-11-17/h6-9,12-15,17,23H,3-5,10-11H2,1-2H3/t23-/m1/s1. The zero-order chi connectivity index (χ0) is 18.5. The van der Waals surface area contributed by atoms with Crippen molar-refractivity contribution < 1.29 is 4.79 Å². The molecule has 0 bridgehead atoms. The van der Waals surface area contributed by atoms with Crippen molar-refractivity contribution in [1.29, 1.82) is 0 Å². The summed E-state index contributed by atoms with van der Waals surface area (Å²) in [6.07, 6.45) is 6.00. The molecule has 0 saturated heterocycles. The van der Waals surface area contributed by atoms with E-state index in [0.29, 0.717) is 6.04 Å². The maximum Gasteiger partial charge on any atom is 0.255 e. The van der Waals surface area contributed by atoms with E-state index in [9.17, 15) is 4.79 Å². The molecule has 1 atom stereocenters. The number of hydrogen-bond donors (Lipinski definition) is 0. The monoisotopic (exact) mass is 358 g/mol. The van der Waals surface area contributed by atoms with Gasteiger partial charge in [-0.15, -0.1) is 0 Å². The molecular weight excluding hydrogens is 332 g/mol. The van der Waals surface area contributed by atoms with Crippen molar-refractivity contribution in [2.24, 2.45) is 7.05 Å². The molecule has 138 valence electrons. The number of benzene rings is 2. The number of fused-ring (bicyclic) bond motifs is 2. The predicted molar refractivity (Wildman–Crippen MR) is 109 cm³/mol. The van der Waals surface area contributed by atoms with Crippen LogP contribution in [-0.2, 0) is 7.05 Å². The van der Waals surface area contributed by atoms with Gasteiger partial charge in [0.05, 0.1) is 6.04 Å². The van der Waals surface area contributed by atoms with Gasteiger partial charge in [-0.05, 0) is 37.5 Å². The predicted octanol–water partition coefficient (Wildman–Crippen LogP) is 5.36. The van der Waals surface area contributed by atoms with Crippen molar-refractivity contribution in [3.63, 3.8) is 0 Å². The summed E-state index contributed by atoms with van der Waals surface area (Å²) >= 11 is 0. The summed E-state index contributed by atoms with van der Waals surface area (Å²) in [7, 11) is 2.13.